The van der Waals surface area contributed by atoms with Gasteiger partial charge in [-0.25, -0.2) is 0 Å². The van der Waals surface area contributed by atoms with Gasteiger partial charge in [-0.15, -0.1) is 0 Å². The molecule has 0 aromatic heterocycles. The summed E-state index contributed by atoms with van der Waals surface area (Å²) in [5.41, 5.74) is 4.12. The Bertz CT molecular complexity index is 381. The smallest absolute Gasteiger partial charge is 0.0366 e. The van der Waals surface area contributed by atoms with E-state index >= 15 is 0 Å². The van der Waals surface area contributed by atoms with Crippen molar-refractivity contribution < 1.29 is 0 Å². The standard InChI is InChI=1S/C16H26N2/c1-13-4-5-16(12-14(13)2)18(3)11-8-15-6-9-17-10-7-15/h4-5,12,15,17H,6-11H2,1-3H3. The molecule has 1 N–H and O–H groups in total. The second-order valence-electron chi connectivity index (χ2n) is 5.67. The van der Waals surface area contributed by atoms with Crippen LogP contribution in [0.2, 0.25) is 0 Å². The van der Waals surface area contributed by atoms with Gasteiger partial charge < -0.3 is 10.2 Å². The Balaban J connectivity index is 1.86. The minimum Gasteiger partial charge on any atom is -0.375 e. The molecule has 0 spiro atoms. The molecule has 18 heavy (non-hydrogen) atoms. The van der Waals surface area contributed by atoms with Crippen molar-refractivity contribution in [1.82, 2.24) is 5.32 Å². The van der Waals surface area contributed by atoms with Gasteiger partial charge in [0.05, 0.1) is 0 Å². The Hall–Kier alpha value is -1.02. The summed E-state index contributed by atoms with van der Waals surface area (Å²) in [7, 11) is 2.21. The van der Waals surface area contributed by atoms with Crippen molar-refractivity contribution >= 4 is 5.69 Å². The molecule has 2 nitrogen and oxygen atoms in total. The van der Waals surface area contributed by atoms with Crippen LogP contribution < -0.4 is 10.2 Å². The molecule has 1 aliphatic heterocycles. The predicted octanol–water partition coefficient (Wildman–Crippen LogP) is 3.13. The second-order valence-corrected chi connectivity index (χ2v) is 5.67. The first-order chi connectivity index (χ1) is 8.66. The molecule has 0 radical (unpaired) electrons. The maximum atomic E-state index is 3.43. The van der Waals surface area contributed by atoms with Gasteiger partial charge in [0, 0.05) is 19.3 Å². The fourth-order valence-corrected chi connectivity index (χ4v) is 2.64. The van der Waals surface area contributed by atoms with Gasteiger partial charge >= 0.3 is 0 Å². The molecular weight excluding hydrogens is 220 g/mol. The van der Waals surface area contributed by atoms with E-state index in [1.54, 1.807) is 0 Å². The molecule has 2 rings (SSSR count). The molecule has 1 fully saturated rings. The van der Waals surface area contributed by atoms with Gasteiger partial charge in [0.25, 0.3) is 0 Å². The topological polar surface area (TPSA) is 15.3 Å². The van der Waals surface area contributed by atoms with Gasteiger partial charge in [-0.05, 0) is 75.4 Å². The minimum absolute atomic E-state index is 0.917. The lowest BCUT2D eigenvalue weighted by molar-refractivity contribution is 0.356. The Kier molecular flexibility index (Phi) is 4.65. The van der Waals surface area contributed by atoms with Crippen LogP contribution in [0, 0.1) is 19.8 Å². The Labute approximate surface area is 111 Å². The van der Waals surface area contributed by atoms with Crippen LogP contribution in [0.15, 0.2) is 18.2 Å². The van der Waals surface area contributed by atoms with E-state index in [4.69, 9.17) is 0 Å². The first-order valence-electron chi connectivity index (χ1n) is 7.16. The van der Waals surface area contributed by atoms with Crippen LogP contribution in [0.4, 0.5) is 5.69 Å². The molecule has 0 saturated carbocycles. The number of rotatable bonds is 4. The SMILES string of the molecule is Cc1ccc(N(C)CCC2CCNCC2)cc1C. The highest BCUT2D eigenvalue weighted by Crippen LogP contribution is 2.21. The van der Waals surface area contributed by atoms with Gasteiger partial charge in [0.2, 0.25) is 0 Å². The molecule has 1 aliphatic rings. The van der Waals surface area contributed by atoms with E-state index in [-0.39, 0.29) is 0 Å². The Morgan fingerprint density at radius 1 is 1.17 bits per heavy atom. The van der Waals surface area contributed by atoms with Crippen molar-refractivity contribution in [3.8, 4) is 0 Å². The van der Waals surface area contributed by atoms with Crippen molar-refractivity contribution in [3.63, 3.8) is 0 Å². The zero-order chi connectivity index (χ0) is 13.0. The van der Waals surface area contributed by atoms with Crippen LogP contribution in [0.25, 0.3) is 0 Å². The molecule has 1 saturated heterocycles. The number of benzene rings is 1. The van der Waals surface area contributed by atoms with Crippen LogP contribution >= 0.6 is 0 Å². The van der Waals surface area contributed by atoms with Crippen LogP contribution in [0.3, 0.4) is 0 Å². The Morgan fingerprint density at radius 2 is 1.89 bits per heavy atom. The Morgan fingerprint density at radius 3 is 2.56 bits per heavy atom. The molecule has 1 aromatic carbocycles. The van der Waals surface area contributed by atoms with Crippen LogP contribution in [-0.2, 0) is 0 Å². The summed E-state index contributed by atoms with van der Waals surface area (Å²) in [6, 6.07) is 6.77. The van der Waals surface area contributed by atoms with Crippen molar-refractivity contribution in [2.75, 3.05) is 31.6 Å². The highest BCUT2D eigenvalue weighted by atomic mass is 15.1. The van der Waals surface area contributed by atoms with E-state index in [0.29, 0.717) is 0 Å². The summed E-state index contributed by atoms with van der Waals surface area (Å²) >= 11 is 0. The number of nitrogens with zero attached hydrogens (tertiary/aromatic N) is 1. The highest BCUT2D eigenvalue weighted by Gasteiger charge is 2.13. The molecule has 0 amide bonds. The maximum Gasteiger partial charge on any atom is 0.0366 e. The monoisotopic (exact) mass is 246 g/mol. The van der Waals surface area contributed by atoms with Crippen molar-refractivity contribution in [3.05, 3.63) is 29.3 Å². The molecule has 100 valence electrons. The molecule has 0 unspecified atom stereocenters. The molecule has 0 atom stereocenters. The summed E-state index contributed by atoms with van der Waals surface area (Å²) in [6.45, 7) is 7.96. The first-order valence-corrected chi connectivity index (χ1v) is 7.16. The second kappa shape index (κ2) is 6.24. The van der Waals surface area contributed by atoms with Gasteiger partial charge in [-0.1, -0.05) is 6.07 Å². The van der Waals surface area contributed by atoms with Crippen molar-refractivity contribution in [1.29, 1.82) is 0 Å². The van der Waals surface area contributed by atoms with E-state index in [0.717, 1.165) is 5.92 Å². The number of piperidine rings is 1. The lowest BCUT2D eigenvalue weighted by Gasteiger charge is -2.26. The van der Waals surface area contributed by atoms with Gasteiger partial charge in [0.15, 0.2) is 0 Å². The van der Waals surface area contributed by atoms with Gasteiger partial charge in [-0.2, -0.15) is 0 Å². The normalized spacial score (nSPS) is 16.8. The molecule has 0 aliphatic carbocycles. The summed E-state index contributed by atoms with van der Waals surface area (Å²) in [5, 5.41) is 3.43. The predicted molar refractivity (Wildman–Crippen MR) is 79.4 cm³/mol. The van der Waals surface area contributed by atoms with Gasteiger partial charge in [-0.3, -0.25) is 0 Å². The quantitative estimate of drug-likeness (QED) is 0.878. The summed E-state index contributed by atoms with van der Waals surface area (Å²) in [4.78, 5) is 2.40. The zero-order valence-corrected chi connectivity index (χ0v) is 12.0. The van der Waals surface area contributed by atoms with E-state index in [9.17, 15) is 0 Å². The van der Waals surface area contributed by atoms with Crippen molar-refractivity contribution in [2.24, 2.45) is 5.92 Å². The van der Waals surface area contributed by atoms with E-state index < -0.39 is 0 Å². The van der Waals surface area contributed by atoms with E-state index in [1.165, 1.54) is 55.7 Å². The zero-order valence-electron chi connectivity index (χ0n) is 12.0. The third-order valence-electron chi connectivity index (χ3n) is 4.26. The summed E-state index contributed by atoms with van der Waals surface area (Å²) < 4.78 is 0. The fraction of sp³-hybridized carbons (Fsp3) is 0.625. The van der Waals surface area contributed by atoms with Crippen molar-refractivity contribution in [2.45, 2.75) is 33.1 Å². The lowest BCUT2D eigenvalue weighted by atomic mass is 9.94. The third-order valence-corrected chi connectivity index (χ3v) is 4.26. The van der Waals surface area contributed by atoms with Crippen LogP contribution in [0.1, 0.15) is 30.4 Å². The molecule has 2 heteroatoms. The number of hydrogen-bond donors (Lipinski definition) is 1. The van der Waals surface area contributed by atoms with E-state index in [2.05, 4.69) is 49.3 Å². The number of anilines is 1. The number of nitrogens with one attached hydrogen (secondary N) is 1. The number of aryl methyl sites for hydroxylation is 2. The first kappa shape index (κ1) is 13.4. The van der Waals surface area contributed by atoms with E-state index in [1.807, 2.05) is 0 Å². The van der Waals surface area contributed by atoms with Crippen LogP contribution in [0.5, 0.6) is 0 Å². The molecule has 1 aromatic rings. The third kappa shape index (κ3) is 3.49. The van der Waals surface area contributed by atoms with Gasteiger partial charge in [0.1, 0.15) is 0 Å². The molecule has 1 heterocycles. The largest absolute Gasteiger partial charge is 0.375 e. The maximum absolute atomic E-state index is 3.43. The summed E-state index contributed by atoms with van der Waals surface area (Å²) in [5.74, 6) is 0.917. The lowest BCUT2D eigenvalue weighted by Crippen LogP contribution is -2.30. The van der Waals surface area contributed by atoms with Crippen LogP contribution in [-0.4, -0.2) is 26.7 Å². The fourth-order valence-electron chi connectivity index (χ4n) is 2.64. The highest BCUT2D eigenvalue weighted by molar-refractivity contribution is 5.49. The summed E-state index contributed by atoms with van der Waals surface area (Å²) in [6.07, 6.45) is 4.02. The molecule has 0 bridgehead atoms. The average Bonchev–Trinajstić information content (AvgIpc) is 2.40. The minimum atomic E-state index is 0.917. The molecular formula is C16H26N2. The number of hydrogen-bond acceptors (Lipinski definition) is 2. The average molecular weight is 246 g/mol.